The molecule has 0 fully saturated rings. The molecule has 134 valence electrons. The second-order valence-corrected chi connectivity index (χ2v) is 6.36. The molecule has 2 amide bonds. The molecular weight excluding hydrogens is 332 g/mol. The molecule has 2 aromatic carbocycles. The number of benzene rings is 2. The Kier molecular flexibility index (Phi) is 5.02. The minimum absolute atomic E-state index is 0.247. The third-order valence-corrected chi connectivity index (χ3v) is 4.56. The van der Waals surface area contributed by atoms with E-state index in [1.807, 2.05) is 30.3 Å². The van der Waals surface area contributed by atoms with Gasteiger partial charge in [-0.15, -0.1) is 0 Å². The predicted octanol–water partition coefficient (Wildman–Crippen LogP) is 1.84. The van der Waals surface area contributed by atoms with Gasteiger partial charge in [0.25, 0.3) is 5.91 Å². The Hall–Kier alpha value is -3.15. The summed E-state index contributed by atoms with van der Waals surface area (Å²) in [5, 5.41) is 11.5. The van der Waals surface area contributed by atoms with Crippen LogP contribution in [0.5, 0.6) is 0 Å². The molecule has 3 rings (SSSR count). The van der Waals surface area contributed by atoms with Crippen molar-refractivity contribution < 1.29 is 19.5 Å². The number of hydrogen-bond donors (Lipinski definition) is 2. The zero-order valence-electron chi connectivity index (χ0n) is 14.4. The van der Waals surface area contributed by atoms with E-state index in [0.29, 0.717) is 18.5 Å². The normalized spacial score (nSPS) is 17.1. The Morgan fingerprint density at radius 2 is 1.65 bits per heavy atom. The highest BCUT2D eigenvalue weighted by Gasteiger charge is 2.35. The number of fused-ring (bicyclic) bond motifs is 1. The number of carbonyl (C=O) groups excluding carboxylic acids is 2. The lowest BCUT2D eigenvalue weighted by Crippen LogP contribution is -2.55. The van der Waals surface area contributed by atoms with Gasteiger partial charge in [0.2, 0.25) is 5.91 Å². The summed E-state index contributed by atoms with van der Waals surface area (Å²) in [6, 6.07) is 14.7. The molecule has 1 aliphatic heterocycles. The van der Waals surface area contributed by atoms with Crippen molar-refractivity contribution in [2.45, 2.75) is 32.0 Å². The molecule has 0 radical (unpaired) electrons. The second-order valence-electron chi connectivity index (χ2n) is 6.36. The zero-order chi connectivity index (χ0) is 18.7. The van der Waals surface area contributed by atoms with Crippen LogP contribution in [0.1, 0.15) is 28.4 Å². The molecule has 2 N–H and O–H groups in total. The maximum atomic E-state index is 13.0. The van der Waals surface area contributed by atoms with Crippen LogP contribution in [0, 0.1) is 0 Å². The zero-order valence-corrected chi connectivity index (χ0v) is 14.4. The number of rotatable bonds is 4. The third-order valence-electron chi connectivity index (χ3n) is 4.56. The lowest BCUT2D eigenvalue weighted by molar-refractivity contribution is -0.142. The maximum absolute atomic E-state index is 13.0. The lowest BCUT2D eigenvalue weighted by atomic mass is 9.92. The molecule has 0 unspecified atom stereocenters. The summed E-state index contributed by atoms with van der Waals surface area (Å²) in [7, 11) is 0. The van der Waals surface area contributed by atoms with E-state index in [1.54, 1.807) is 24.3 Å². The van der Waals surface area contributed by atoms with Gasteiger partial charge in [0.05, 0.1) is 0 Å². The van der Waals surface area contributed by atoms with Crippen LogP contribution < -0.4 is 5.32 Å². The van der Waals surface area contributed by atoms with Crippen molar-refractivity contribution in [3.63, 3.8) is 0 Å². The van der Waals surface area contributed by atoms with Gasteiger partial charge in [-0.2, -0.15) is 0 Å². The number of carboxylic acid groups (broad SMARTS) is 1. The van der Waals surface area contributed by atoms with Gasteiger partial charge in [-0.05, 0) is 30.2 Å². The predicted molar refractivity (Wildman–Crippen MR) is 95.5 cm³/mol. The maximum Gasteiger partial charge on any atom is 0.325 e. The number of nitrogens with zero attached hydrogens (tertiary/aromatic N) is 1. The van der Waals surface area contributed by atoms with Crippen molar-refractivity contribution in [3.05, 3.63) is 71.3 Å². The van der Waals surface area contributed by atoms with E-state index >= 15 is 0 Å². The summed E-state index contributed by atoms with van der Waals surface area (Å²) < 4.78 is 0. The Morgan fingerprint density at radius 3 is 2.31 bits per heavy atom. The third kappa shape index (κ3) is 3.59. The fourth-order valence-corrected chi connectivity index (χ4v) is 3.09. The Labute approximate surface area is 151 Å². The van der Waals surface area contributed by atoms with Crippen LogP contribution in [-0.2, 0) is 22.6 Å². The van der Waals surface area contributed by atoms with Crippen LogP contribution in [-0.4, -0.2) is 39.9 Å². The van der Waals surface area contributed by atoms with E-state index in [-0.39, 0.29) is 5.91 Å². The van der Waals surface area contributed by atoms with Gasteiger partial charge in [-0.1, -0.05) is 42.5 Å². The summed E-state index contributed by atoms with van der Waals surface area (Å²) in [4.78, 5) is 38.2. The molecule has 26 heavy (non-hydrogen) atoms. The molecule has 1 aliphatic rings. The standard InChI is InChI=1S/C20H20N2O4/c1-13(20(25)26)21-18(23)17-11-15-9-5-6-10-16(15)12-22(17)19(24)14-7-3-2-4-8-14/h2-10,13,17H,11-12H2,1H3,(H,21,23)(H,25,26)/t13-,17+/m0/s1. The molecule has 0 aliphatic carbocycles. The van der Waals surface area contributed by atoms with Crippen molar-refractivity contribution in [1.82, 2.24) is 10.2 Å². The smallest absolute Gasteiger partial charge is 0.325 e. The van der Waals surface area contributed by atoms with Crippen LogP contribution in [0.15, 0.2) is 54.6 Å². The summed E-state index contributed by atoms with van der Waals surface area (Å²) in [6.07, 6.45) is 0.354. The lowest BCUT2D eigenvalue weighted by Gasteiger charge is -2.36. The van der Waals surface area contributed by atoms with E-state index in [0.717, 1.165) is 11.1 Å². The number of amides is 2. The van der Waals surface area contributed by atoms with Gasteiger partial charge >= 0.3 is 5.97 Å². The van der Waals surface area contributed by atoms with Crippen LogP contribution in [0.4, 0.5) is 0 Å². The SMILES string of the molecule is C[C@H](NC(=O)[C@H]1Cc2ccccc2CN1C(=O)c1ccccc1)C(=O)O. The molecule has 2 aromatic rings. The topological polar surface area (TPSA) is 86.7 Å². The molecule has 1 heterocycles. The first-order chi connectivity index (χ1) is 12.5. The Balaban J connectivity index is 1.91. The van der Waals surface area contributed by atoms with Crippen molar-refractivity contribution >= 4 is 17.8 Å². The first-order valence-electron chi connectivity index (χ1n) is 8.43. The number of aliphatic carboxylic acids is 1. The van der Waals surface area contributed by atoms with Crippen molar-refractivity contribution in [2.24, 2.45) is 0 Å². The highest BCUT2D eigenvalue weighted by atomic mass is 16.4. The van der Waals surface area contributed by atoms with Gasteiger partial charge in [-0.3, -0.25) is 14.4 Å². The molecule has 0 spiro atoms. The molecule has 0 saturated carbocycles. The fraction of sp³-hybridized carbons (Fsp3) is 0.250. The highest BCUT2D eigenvalue weighted by Crippen LogP contribution is 2.25. The average Bonchev–Trinajstić information content (AvgIpc) is 2.66. The van der Waals surface area contributed by atoms with E-state index in [1.165, 1.54) is 11.8 Å². The minimum atomic E-state index is -1.12. The highest BCUT2D eigenvalue weighted by molar-refractivity contribution is 5.98. The first kappa shape index (κ1) is 17.7. The van der Waals surface area contributed by atoms with Gasteiger partial charge in [0.15, 0.2) is 0 Å². The average molecular weight is 352 g/mol. The van der Waals surface area contributed by atoms with E-state index in [2.05, 4.69) is 5.32 Å². The van der Waals surface area contributed by atoms with Crippen molar-refractivity contribution in [3.8, 4) is 0 Å². The minimum Gasteiger partial charge on any atom is -0.480 e. The molecule has 0 saturated heterocycles. The van der Waals surface area contributed by atoms with E-state index in [9.17, 15) is 14.4 Å². The van der Waals surface area contributed by atoms with Crippen LogP contribution in [0.2, 0.25) is 0 Å². The Morgan fingerprint density at radius 1 is 1.04 bits per heavy atom. The molecule has 0 aromatic heterocycles. The number of nitrogens with one attached hydrogen (secondary N) is 1. The molecule has 0 bridgehead atoms. The number of carboxylic acids is 1. The molecule has 6 heteroatoms. The fourth-order valence-electron chi connectivity index (χ4n) is 3.09. The molecule has 2 atom stereocenters. The van der Waals surface area contributed by atoms with E-state index < -0.39 is 24.0 Å². The van der Waals surface area contributed by atoms with Gasteiger partial charge in [0.1, 0.15) is 12.1 Å². The largest absolute Gasteiger partial charge is 0.480 e. The summed E-state index contributed by atoms with van der Waals surface area (Å²) in [5.41, 5.74) is 2.48. The van der Waals surface area contributed by atoms with Crippen molar-refractivity contribution in [2.75, 3.05) is 0 Å². The van der Waals surface area contributed by atoms with Crippen LogP contribution >= 0.6 is 0 Å². The summed E-state index contributed by atoms with van der Waals surface area (Å²) >= 11 is 0. The first-order valence-corrected chi connectivity index (χ1v) is 8.43. The van der Waals surface area contributed by atoms with Crippen LogP contribution in [0.3, 0.4) is 0 Å². The van der Waals surface area contributed by atoms with Crippen molar-refractivity contribution in [1.29, 1.82) is 0 Å². The molecular formula is C20H20N2O4. The van der Waals surface area contributed by atoms with Gasteiger partial charge in [-0.25, -0.2) is 0 Å². The summed E-state index contributed by atoms with van der Waals surface area (Å²) in [6.45, 7) is 1.71. The van der Waals surface area contributed by atoms with E-state index in [4.69, 9.17) is 5.11 Å². The quantitative estimate of drug-likeness (QED) is 0.879. The van der Waals surface area contributed by atoms with Gasteiger partial charge in [0, 0.05) is 18.5 Å². The Bertz CT molecular complexity index is 835. The monoisotopic (exact) mass is 352 g/mol. The second kappa shape index (κ2) is 7.39. The van der Waals surface area contributed by atoms with Gasteiger partial charge < -0.3 is 15.3 Å². The molecule has 6 nitrogen and oxygen atoms in total. The summed E-state index contributed by atoms with van der Waals surface area (Å²) in [5.74, 6) is -1.82. The van der Waals surface area contributed by atoms with Crippen LogP contribution in [0.25, 0.3) is 0 Å². The number of carbonyl (C=O) groups is 3. The number of hydrogen-bond acceptors (Lipinski definition) is 3.